The number of aliphatic hydroxyl groups is 1. The Bertz CT molecular complexity index is 1300. The number of carbonyl (C=O) groups is 2. The van der Waals surface area contributed by atoms with Crippen LogP contribution < -0.4 is 0 Å². The maximum atomic E-state index is 12.3. The summed E-state index contributed by atoms with van der Waals surface area (Å²) < 4.78 is 6.41. The van der Waals surface area contributed by atoms with E-state index in [1.807, 2.05) is 13.8 Å². The fraction of sp³-hybridized carbons (Fsp3) is 0.345. The average Bonchev–Trinajstić information content (AvgIpc) is 3.23. The van der Waals surface area contributed by atoms with Crippen molar-refractivity contribution in [3.05, 3.63) is 87.8 Å². The lowest BCUT2D eigenvalue weighted by molar-refractivity contribution is -0.145. The number of nitrogens with zero attached hydrogens (tertiary/aromatic N) is 4. The SMILES string of the molecule is CCOC(=O)CC(=O)CC(O)/C=C/C(=C(c1ccc(C)cc1C)c1ccc(C)cc1C)c1nnnn1C. The molecule has 2 aromatic carbocycles. The van der Waals surface area contributed by atoms with E-state index in [9.17, 15) is 14.7 Å². The predicted octanol–water partition coefficient (Wildman–Crippen LogP) is 4.23. The van der Waals surface area contributed by atoms with Gasteiger partial charge in [-0.1, -0.05) is 59.7 Å². The first kappa shape index (κ1) is 27.7. The molecular weight excluding hydrogens is 468 g/mol. The summed E-state index contributed by atoms with van der Waals surface area (Å²) in [5, 5.41) is 22.8. The first-order valence-electron chi connectivity index (χ1n) is 12.3. The molecule has 8 nitrogen and oxygen atoms in total. The van der Waals surface area contributed by atoms with E-state index in [2.05, 4.69) is 65.8 Å². The number of carbonyl (C=O) groups excluding carboxylic acids is 2. The second kappa shape index (κ2) is 12.4. The third-order valence-electron chi connectivity index (χ3n) is 6.00. The van der Waals surface area contributed by atoms with Crippen LogP contribution in [0, 0.1) is 27.7 Å². The molecule has 1 unspecified atom stereocenters. The van der Waals surface area contributed by atoms with Gasteiger partial charge in [-0.15, -0.1) is 5.10 Å². The monoisotopic (exact) mass is 502 g/mol. The maximum Gasteiger partial charge on any atom is 0.313 e. The summed E-state index contributed by atoms with van der Waals surface area (Å²) in [7, 11) is 1.75. The zero-order valence-electron chi connectivity index (χ0n) is 22.3. The number of esters is 1. The minimum absolute atomic E-state index is 0.202. The number of aromatic nitrogens is 4. The summed E-state index contributed by atoms with van der Waals surface area (Å²) in [5.41, 5.74) is 8.09. The first-order valence-corrected chi connectivity index (χ1v) is 12.3. The number of hydrogen-bond donors (Lipinski definition) is 1. The number of benzene rings is 2. The minimum Gasteiger partial charge on any atom is -0.466 e. The van der Waals surface area contributed by atoms with Crippen LogP contribution in [0.5, 0.6) is 0 Å². The molecule has 1 aromatic heterocycles. The van der Waals surface area contributed by atoms with E-state index in [0.29, 0.717) is 11.4 Å². The molecule has 194 valence electrons. The summed E-state index contributed by atoms with van der Waals surface area (Å²) in [6.07, 6.45) is 1.62. The molecule has 0 spiro atoms. The standard InChI is InChI=1S/C29H34N4O4/c1-7-37-27(36)17-23(35)16-22(34)10-13-26(29-30-31-32-33(29)6)28(24-11-8-18(2)14-20(24)4)25-12-9-19(3)15-21(25)5/h8-15,22,34H,7,16-17H2,1-6H3/b13-10+. The van der Waals surface area contributed by atoms with Crippen molar-refractivity contribution in [2.45, 2.75) is 53.6 Å². The molecule has 1 atom stereocenters. The van der Waals surface area contributed by atoms with Gasteiger partial charge in [0.2, 0.25) is 0 Å². The molecule has 0 saturated carbocycles. The van der Waals surface area contributed by atoms with Gasteiger partial charge in [0, 0.05) is 24.6 Å². The molecule has 8 heteroatoms. The van der Waals surface area contributed by atoms with E-state index < -0.39 is 17.9 Å². The molecule has 3 rings (SSSR count). The third kappa shape index (κ3) is 7.07. The van der Waals surface area contributed by atoms with Gasteiger partial charge in [-0.05, 0) is 67.3 Å². The van der Waals surface area contributed by atoms with Gasteiger partial charge in [0.25, 0.3) is 0 Å². The normalized spacial score (nSPS) is 12.0. The quantitative estimate of drug-likeness (QED) is 0.251. The Labute approximate surface area is 217 Å². The molecule has 37 heavy (non-hydrogen) atoms. The Balaban J connectivity index is 2.16. The molecule has 0 amide bonds. The smallest absolute Gasteiger partial charge is 0.313 e. The Morgan fingerprint density at radius 1 is 1.03 bits per heavy atom. The van der Waals surface area contributed by atoms with Crippen molar-refractivity contribution < 1.29 is 19.4 Å². The fourth-order valence-corrected chi connectivity index (χ4v) is 4.30. The van der Waals surface area contributed by atoms with E-state index in [4.69, 9.17) is 4.74 Å². The van der Waals surface area contributed by atoms with Gasteiger partial charge < -0.3 is 9.84 Å². The number of rotatable bonds is 10. The number of tetrazole rings is 1. The fourth-order valence-electron chi connectivity index (χ4n) is 4.30. The van der Waals surface area contributed by atoms with Crippen LogP contribution in [-0.2, 0) is 21.4 Å². The van der Waals surface area contributed by atoms with Gasteiger partial charge in [-0.3, -0.25) is 9.59 Å². The largest absolute Gasteiger partial charge is 0.466 e. The van der Waals surface area contributed by atoms with Crippen LogP contribution >= 0.6 is 0 Å². The number of Topliss-reactive ketones (excluding diaryl/α,β-unsaturated/α-hetero) is 1. The molecule has 1 N–H and O–H groups in total. The number of aryl methyl sites for hydroxylation is 5. The van der Waals surface area contributed by atoms with Crippen molar-refractivity contribution in [3.8, 4) is 0 Å². The van der Waals surface area contributed by atoms with E-state index in [-0.39, 0.29) is 19.4 Å². The second-order valence-corrected chi connectivity index (χ2v) is 9.20. The summed E-state index contributed by atoms with van der Waals surface area (Å²) in [5.74, 6) is -0.483. The molecule has 0 aliphatic carbocycles. The lowest BCUT2D eigenvalue weighted by Crippen LogP contribution is -2.16. The molecule has 3 aromatic rings. The Hall–Kier alpha value is -3.91. The van der Waals surface area contributed by atoms with Crippen LogP contribution in [-0.4, -0.2) is 49.8 Å². The van der Waals surface area contributed by atoms with Crippen LogP contribution in [0.2, 0.25) is 0 Å². The van der Waals surface area contributed by atoms with Gasteiger partial charge in [0.1, 0.15) is 12.2 Å². The molecule has 0 bridgehead atoms. The zero-order chi connectivity index (χ0) is 27.1. The predicted molar refractivity (Wildman–Crippen MR) is 143 cm³/mol. The highest BCUT2D eigenvalue weighted by Gasteiger charge is 2.20. The lowest BCUT2D eigenvalue weighted by Gasteiger charge is -2.19. The number of hydrogen-bond acceptors (Lipinski definition) is 7. The van der Waals surface area contributed by atoms with Gasteiger partial charge >= 0.3 is 5.97 Å². The second-order valence-electron chi connectivity index (χ2n) is 9.20. The highest BCUT2D eigenvalue weighted by molar-refractivity contribution is 6.02. The summed E-state index contributed by atoms with van der Waals surface area (Å²) in [6, 6.07) is 12.5. The molecule has 1 heterocycles. The molecule has 0 radical (unpaired) electrons. The highest BCUT2D eigenvalue weighted by Crippen LogP contribution is 2.36. The first-order chi connectivity index (χ1) is 17.6. The molecule has 0 saturated heterocycles. The van der Waals surface area contributed by atoms with Gasteiger partial charge in [0.05, 0.1) is 12.7 Å². The average molecular weight is 503 g/mol. The van der Waals surface area contributed by atoms with Crippen molar-refractivity contribution in [2.75, 3.05) is 6.61 Å². The summed E-state index contributed by atoms with van der Waals surface area (Å²) in [4.78, 5) is 23.9. The van der Waals surface area contributed by atoms with Crippen molar-refractivity contribution in [1.29, 1.82) is 0 Å². The summed E-state index contributed by atoms with van der Waals surface area (Å²) >= 11 is 0. The third-order valence-corrected chi connectivity index (χ3v) is 6.00. The van der Waals surface area contributed by atoms with Crippen molar-refractivity contribution >= 4 is 22.9 Å². The van der Waals surface area contributed by atoms with Gasteiger partial charge in [-0.2, -0.15) is 0 Å². The van der Waals surface area contributed by atoms with Crippen molar-refractivity contribution in [1.82, 2.24) is 20.2 Å². The van der Waals surface area contributed by atoms with Crippen molar-refractivity contribution in [3.63, 3.8) is 0 Å². The Kier molecular flexibility index (Phi) is 9.25. The topological polar surface area (TPSA) is 107 Å². The van der Waals surface area contributed by atoms with E-state index in [1.165, 1.54) is 0 Å². The number of ether oxygens (including phenoxy) is 1. The Morgan fingerprint density at radius 2 is 1.62 bits per heavy atom. The Morgan fingerprint density at radius 3 is 2.11 bits per heavy atom. The van der Waals surface area contributed by atoms with Crippen molar-refractivity contribution in [2.24, 2.45) is 7.05 Å². The number of allylic oxidation sites excluding steroid dienone is 2. The lowest BCUT2D eigenvalue weighted by atomic mass is 9.86. The van der Waals surface area contributed by atoms with Gasteiger partial charge in [0.15, 0.2) is 5.82 Å². The molecule has 0 fully saturated rings. The van der Waals surface area contributed by atoms with Crippen LogP contribution in [0.4, 0.5) is 0 Å². The van der Waals surface area contributed by atoms with Gasteiger partial charge in [-0.25, -0.2) is 4.68 Å². The highest BCUT2D eigenvalue weighted by atomic mass is 16.5. The molecule has 0 aliphatic heterocycles. The van der Waals surface area contributed by atoms with Crippen LogP contribution in [0.3, 0.4) is 0 Å². The molecule has 0 aliphatic rings. The van der Waals surface area contributed by atoms with Crippen LogP contribution in [0.1, 0.15) is 59.0 Å². The van der Waals surface area contributed by atoms with Crippen LogP contribution in [0.25, 0.3) is 11.1 Å². The minimum atomic E-state index is -1.10. The van der Waals surface area contributed by atoms with Crippen LogP contribution in [0.15, 0.2) is 48.6 Å². The maximum absolute atomic E-state index is 12.3. The van der Waals surface area contributed by atoms with E-state index >= 15 is 0 Å². The van der Waals surface area contributed by atoms with E-state index in [1.54, 1.807) is 30.8 Å². The number of ketones is 1. The summed E-state index contributed by atoms with van der Waals surface area (Å²) in [6.45, 7) is 10.1. The number of aliphatic hydroxyl groups excluding tert-OH is 1. The zero-order valence-corrected chi connectivity index (χ0v) is 22.3. The van der Waals surface area contributed by atoms with E-state index in [0.717, 1.165) is 39.0 Å². The molecular formula is C29H34N4O4.